The molecule has 4 unspecified atom stereocenters. The lowest BCUT2D eigenvalue weighted by Crippen LogP contribution is -2.70. The largest absolute Gasteiger partial charge is 0.469 e. The number of carbonyl (C=O) groups excluding carboxylic acids is 2. The molecule has 0 aliphatic carbocycles. The van der Waals surface area contributed by atoms with Crippen molar-refractivity contribution < 1.29 is 134 Å². The summed E-state index contributed by atoms with van der Waals surface area (Å²) in [7, 11) is 1.06. The van der Waals surface area contributed by atoms with Crippen molar-refractivity contribution in [2.75, 3.05) is 26.9 Å². The second-order valence-electron chi connectivity index (χ2n) is 23.5. The molecule has 0 aromatic carbocycles. The van der Waals surface area contributed by atoms with Gasteiger partial charge in [-0.1, -0.05) is 98.9 Å². The van der Waals surface area contributed by atoms with Crippen LogP contribution in [-0.4, -0.2) is 278 Å². The number of cyclic esters (lactones) is 1. The fraction of sp³-hybridized carbons (Fsp3) is 0.733. The third kappa shape index (κ3) is 21.4. The second kappa shape index (κ2) is 35.3. The molecular formula is C60H95NO27. The Kier molecular flexibility index (Phi) is 30.0. The van der Waals surface area contributed by atoms with E-state index in [-0.39, 0.29) is 25.2 Å². The van der Waals surface area contributed by atoms with Gasteiger partial charge in [0.2, 0.25) is 5.79 Å². The highest BCUT2D eigenvalue weighted by molar-refractivity contribution is 5.74. The summed E-state index contributed by atoms with van der Waals surface area (Å²) in [6.07, 6.45) is -14.0. The Morgan fingerprint density at radius 1 is 0.614 bits per heavy atom. The lowest BCUT2D eigenvalue weighted by molar-refractivity contribution is -0.368. The smallest absolute Gasteiger partial charge is 0.313 e. The maximum Gasteiger partial charge on any atom is 0.313 e. The molecule has 5 rings (SSSR count). The molecule has 18 N–H and O–H groups in total. The number of ether oxygens (including phenoxy) is 8. The van der Waals surface area contributed by atoms with Gasteiger partial charge in [-0.2, -0.15) is 0 Å². The van der Waals surface area contributed by atoms with E-state index >= 15 is 0 Å². The van der Waals surface area contributed by atoms with Crippen molar-refractivity contribution in [2.45, 2.75) is 231 Å². The van der Waals surface area contributed by atoms with E-state index in [0.29, 0.717) is 0 Å². The average Bonchev–Trinajstić information content (AvgIpc) is 1.79. The van der Waals surface area contributed by atoms with Crippen LogP contribution in [0.2, 0.25) is 0 Å². The van der Waals surface area contributed by atoms with Crippen LogP contribution >= 0.6 is 0 Å². The molecule has 5 heterocycles. The zero-order valence-corrected chi connectivity index (χ0v) is 50.1. The van der Waals surface area contributed by atoms with E-state index in [1.807, 2.05) is 6.92 Å². The number of nitrogens with one attached hydrogen (secondary N) is 1. The molecule has 0 aromatic heterocycles. The Bertz CT molecular complexity index is 2340. The highest BCUT2D eigenvalue weighted by Crippen LogP contribution is 2.39. The van der Waals surface area contributed by atoms with Gasteiger partial charge in [-0.25, -0.2) is 0 Å². The minimum Gasteiger partial charge on any atom is -0.469 e. The Labute approximate surface area is 511 Å². The highest BCUT2D eigenvalue weighted by Gasteiger charge is 2.55. The number of allylic oxidation sites excluding steroid dienone is 12. The normalized spacial score (nSPS) is 47.3. The van der Waals surface area contributed by atoms with Crippen LogP contribution in [0.25, 0.3) is 0 Å². The van der Waals surface area contributed by atoms with Gasteiger partial charge in [0.25, 0.3) is 0 Å². The molecule has 4 fully saturated rings. The summed E-state index contributed by atoms with van der Waals surface area (Å²) in [6, 6.07) is -1.47. The first-order valence-corrected chi connectivity index (χ1v) is 29.7. The Morgan fingerprint density at radius 3 is 1.83 bits per heavy atom. The van der Waals surface area contributed by atoms with E-state index in [1.165, 1.54) is 19.1 Å². The average molecular weight is 1260 g/mol. The highest BCUT2D eigenvalue weighted by atomic mass is 16.7. The van der Waals surface area contributed by atoms with Gasteiger partial charge in [0.05, 0.1) is 106 Å². The molecule has 28 heteroatoms. The molecule has 4 saturated heterocycles. The second-order valence-corrected chi connectivity index (χ2v) is 23.5. The van der Waals surface area contributed by atoms with Crippen molar-refractivity contribution in [3.8, 4) is 0 Å². The summed E-state index contributed by atoms with van der Waals surface area (Å²) in [5.74, 6) is -9.14. The molecule has 28 nitrogen and oxygen atoms in total. The maximum absolute atomic E-state index is 13.4. The number of hydrogen-bond donors (Lipinski definition) is 18. The Balaban J connectivity index is 1.38. The zero-order chi connectivity index (χ0) is 65.2. The molecule has 28 atom stereocenters. The molecule has 2 bridgehead atoms. The quantitative estimate of drug-likeness (QED) is 0.0980. The first kappa shape index (κ1) is 74.9. The number of hydrogen-bond acceptors (Lipinski definition) is 28. The summed E-state index contributed by atoms with van der Waals surface area (Å²) < 4.78 is 45.3. The van der Waals surface area contributed by atoms with Crippen LogP contribution < -0.4 is 5.32 Å². The van der Waals surface area contributed by atoms with Crippen LogP contribution in [0.4, 0.5) is 0 Å². The predicted molar refractivity (Wildman–Crippen MR) is 307 cm³/mol. The number of methoxy groups -OCH3 is 1. The third-order valence-corrected chi connectivity index (χ3v) is 16.5. The molecule has 0 saturated carbocycles. The number of fused-ring (bicyclic) bond motifs is 2. The summed E-state index contributed by atoms with van der Waals surface area (Å²) in [4.78, 5) is 26.1. The molecule has 5 aliphatic heterocycles. The van der Waals surface area contributed by atoms with E-state index in [1.54, 1.807) is 86.8 Å². The minimum absolute atomic E-state index is 0.155. The SMILES string of the molecule is COC(=O)C1C2C[C@@H](OC3O[C@H](C)[C@@H](O)[C@H](NC[C@@]4(O)OC[C@@H](O)[C@@H](O[C@@H]5O[C@H](CO)[C@@H](O)[C@H](O)[C@H]5O)[C@@H]4O)[C@@H]3O)/C=C/C=C/C=C/C=C/C=C/C=C/C=C/[C@H](C)[C@@H](O)C(C)[C@H](C)OC(=O)C[C@H](O)C[C@H](O)CC[C@@H](O)[C@H](O)C[C@H](O)C[C@](O)(C[C@@H]1O)O2. The van der Waals surface area contributed by atoms with Gasteiger partial charge in [0.1, 0.15) is 60.9 Å². The van der Waals surface area contributed by atoms with Crippen molar-refractivity contribution in [2.24, 2.45) is 17.8 Å². The summed E-state index contributed by atoms with van der Waals surface area (Å²) >= 11 is 0. The fourth-order valence-corrected chi connectivity index (χ4v) is 11.1. The molecule has 88 heavy (non-hydrogen) atoms. The van der Waals surface area contributed by atoms with Crippen molar-refractivity contribution >= 4 is 11.9 Å². The van der Waals surface area contributed by atoms with Crippen LogP contribution in [0, 0.1) is 17.8 Å². The van der Waals surface area contributed by atoms with Crippen LogP contribution in [0.15, 0.2) is 85.1 Å². The third-order valence-electron chi connectivity index (χ3n) is 16.5. The van der Waals surface area contributed by atoms with E-state index in [4.69, 9.17) is 37.9 Å². The summed E-state index contributed by atoms with van der Waals surface area (Å²) in [6.45, 7) is 4.26. The number of carbonyl (C=O) groups is 2. The molecule has 5 aliphatic rings. The van der Waals surface area contributed by atoms with Crippen LogP contribution in [-0.2, 0) is 47.5 Å². The van der Waals surface area contributed by atoms with Crippen LogP contribution in [0.3, 0.4) is 0 Å². The van der Waals surface area contributed by atoms with E-state index in [2.05, 4.69) is 5.32 Å². The first-order chi connectivity index (χ1) is 41.5. The van der Waals surface area contributed by atoms with Crippen LogP contribution in [0.1, 0.15) is 79.1 Å². The maximum atomic E-state index is 13.4. The van der Waals surface area contributed by atoms with Gasteiger partial charge < -0.3 is 130 Å². The first-order valence-electron chi connectivity index (χ1n) is 29.7. The van der Waals surface area contributed by atoms with Gasteiger partial charge in [-0.05, 0) is 33.1 Å². The van der Waals surface area contributed by atoms with Crippen molar-refractivity contribution in [1.82, 2.24) is 5.32 Å². The summed E-state index contributed by atoms with van der Waals surface area (Å²) in [5.41, 5.74) is 0. The minimum atomic E-state index is -2.67. The van der Waals surface area contributed by atoms with Gasteiger partial charge in [-0.15, -0.1) is 0 Å². The van der Waals surface area contributed by atoms with Crippen molar-refractivity contribution in [3.63, 3.8) is 0 Å². The van der Waals surface area contributed by atoms with Gasteiger partial charge >= 0.3 is 11.9 Å². The zero-order valence-electron chi connectivity index (χ0n) is 50.1. The predicted octanol–water partition coefficient (Wildman–Crippen LogP) is -3.94. The Hall–Kier alpha value is -3.84. The lowest BCUT2D eigenvalue weighted by atomic mass is 9.82. The van der Waals surface area contributed by atoms with Crippen LogP contribution in [0.5, 0.6) is 0 Å². The number of aliphatic hydroxyl groups excluding tert-OH is 15. The van der Waals surface area contributed by atoms with E-state index < -0.39 is 228 Å². The molecule has 0 aromatic rings. The molecule has 0 radical (unpaired) electrons. The number of rotatable bonds is 9. The molecule has 0 amide bonds. The Morgan fingerprint density at radius 2 is 1.22 bits per heavy atom. The molecule has 502 valence electrons. The number of aliphatic hydroxyl groups is 17. The molecule has 0 spiro atoms. The summed E-state index contributed by atoms with van der Waals surface area (Å²) in [5, 5.41) is 189. The van der Waals surface area contributed by atoms with Gasteiger partial charge in [-0.3, -0.25) is 9.59 Å². The van der Waals surface area contributed by atoms with E-state index in [0.717, 1.165) is 7.11 Å². The topological polar surface area (TPSA) is 464 Å². The van der Waals surface area contributed by atoms with Gasteiger partial charge in [0, 0.05) is 37.5 Å². The fourth-order valence-electron chi connectivity index (χ4n) is 11.1. The molecular weight excluding hydrogens is 1170 g/mol. The number of esters is 2. The van der Waals surface area contributed by atoms with E-state index in [9.17, 15) is 96.4 Å². The van der Waals surface area contributed by atoms with Crippen molar-refractivity contribution in [1.29, 1.82) is 0 Å². The van der Waals surface area contributed by atoms with Gasteiger partial charge in [0.15, 0.2) is 18.4 Å². The van der Waals surface area contributed by atoms with Crippen molar-refractivity contribution in [3.05, 3.63) is 85.1 Å². The standard InChI is InChI=1S/C60H95NO27/c1-31-18-16-14-12-10-8-6-7-9-11-13-15-17-19-38(85-57-51(74)47(49(72)34(4)84-57)61-30-60(80)55(77)54(42(69)29-82-60)87-58-53(76)52(75)50(73)44(28-62)86-58)25-43-46(56(78)81-5)41(68)27-59(79,88-43)26-37(65)23-40(67)39(66)21-20-35(63)22-36(64)24-45(70)83-33(3)32(2)48(31)71/h6-19,31-44,46-55,57-58,61-69,71-77,79-80H,20-30H2,1-5H3/b7-6+,10-8+,11-9+,14-12+,15-13+,18-16+,19-17+/t31-,32?,33-,34+,35+,36+,37-,38-,39+,40+,41-,42+,43?,44+,46?,47-,48+,49+,50+,51-,52-,53+,54+,55-,57?,58-,59+,60+/m0/s1. The lowest BCUT2D eigenvalue weighted by Gasteiger charge is -2.48. The monoisotopic (exact) mass is 1260 g/mol.